The Morgan fingerprint density at radius 2 is 1.94 bits per heavy atom. The number of aromatic nitrogens is 1. The zero-order valence-corrected chi connectivity index (χ0v) is 22.6. The number of hydrogen-bond donors (Lipinski definition) is 0. The van der Waals surface area contributed by atoms with Crippen molar-refractivity contribution >= 4 is 44.9 Å². The van der Waals surface area contributed by atoms with Crippen molar-refractivity contribution in [2.75, 3.05) is 5.75 Å². The molecule has 0 spiro atoms. The Morgan fingerprint density at radius 3 is 2.68 bits per heavy atom. The third-order valence-electron chi connectivity index (χ3n) is 9.85. The number of Topliss-reactive ketones (excluding diaryl/α,β-unsaturated/α-hetero) is 1. The van der Waals surface area contributed by atoms with Crippen LogP contribution in [-0.4, -0.2) is 22.3 Å². The lowest BCUT2D eigenvalue weighted by molar-refractivity contribution is -0.127. The maximum atomic E-state index is 13.5. The number of rotatable bonds is 6. The highest BCUT2D eigenvalue weighted by molar-refractivity contribution is 8.01. The Bertz CT molecular complexity index is 1100. The third-order valence-corrected chi connectivity index (χ3v) is 12.1. The Labute approximate surface area is 212 Å². The lowest BCUT2D eigenvalue weighted by Crippen LogP contribution is -2.50. The first-order chi connectivity index (χ1) is 16.3. The summed E-state index contributed by atoms with van der Waals surface area (Å²) in [5, 5.41) is 0. The number of carbonyl (C=O) groups is 2. The average Bonchev–Trinajstić information content (AvgIpc) is 3.39. The Hall–Kier alpha value is -1.46. The lowest BCUT2D eigenvalue weighted by Gasteiger charge is -2.57. The zero-order chi connectivity index (χ0) is 24.1. The van der Waals surface area contributed by atoms with Gasteiger partial charge in [-0.2, -0.15) is 0 Å². The predicted molar refractivity (Wildman–Crippen MR) is 142 cm³/mol. The van der Waals surface area contributed by atoms with Gasteiger partial charge in [0.25, 0.3) is 0 Å². The second-order valence-corrected chi connectivity index (χ2v) is 13.6. The summed E-state index contributed by atoms with van der Waals surface area (Å²) in [7, 11) is 0. The molecule has 1 heterocycles. The molecule has 6 atom stereocenters. The molecule has 182 valence electrons. The van der Waals surface area contributed by atoms with Crippen molar-refractivity contribution in [2.24, 2.45) is 34.5 Å². The summed E-state index contributed by atoms with van der Waals surface area (Å²) in [5.41, 5.74) is 2.66. The van der Waals surface area contributed by atoms with Crippen LogP contribution in [0.4, 0.5) is 0 Å². The highest BCUT2D eigenvalue weighted by Gasteiger charge is 2.59. The van der Waals surface area contributed by atoms with E-state index in [-0.39, 0.29) is 22.5 Å². The molecule has 0 aliphatic heterocycles. The molecule has 3 aliphatic rings. The van der Waals surface area contributed by atoms with Gasteiger partial charge in [0.15, 0.2) is 10.1 Å². The van der Waals surface area contributed by atoms with Crippen molar-refractivity contribution in [3.8, 4) is 0 Å². The molecule has 5 rings (SSSR count). The first-order valence-corrected chi connectivity index (χ1v) is 14.8. The second kappa shape index (κ2) is 9.20. The maximum Gasteiger partial charge on any atom is 0.152 e. The number of allylic oxidation sites excluding steroid dienone is 2. The minimum atomic E-state index is 0.126. The summed E-state index contributed by atoms with van der Waals surface area (Å²) in [6.07, 6.45) is 9.82. The molecule has 3 aliphatic carbocycles. The fourth-order valence-corrected chi connectivity index (χ4v) is 9.98. The van der Waals surface area contributed by atoms with Crippen LogP contribution in [-0.2, 0) is 9.59 Å². The normalized spacial score (nSPS) is 36.4. The van der Waals surface area contributed by atoms with Gasteiger partial charge in [-0.05, 0) is 98.7 Å². The molecule has 6 unspecified atom stereocenters. The van der Waals surface area contributed by atoms with Crippen molar-refractivity contribution in [3.63, 3.8) is 0 Å². The van der Waals surface area contributed by atoms with E-state index in [9.17, 15) is 9.59 Å². The van der Waals surface area contributed by atoms with Crippen molar-refractivity contribution in [2.45, 2.75) is 77.0 Å². The summed E-state index contributed by atoms with van der Waals surface area (Å²) in [4.78, 5) is 30.2. The van der Waals surface area contributed by atoms with Gasteiger partial charge in [-0.3, -0.25) is 9.59 Å². The zero-order valence-electron chi connectivity index (χ0n) is 20.9. The van der Waals surface area contributed by atoms with Crippen LogP contribution in [0.5, 0.6) is 0 Å². The molecule has 0 radical (unpaired) electrons. The van der Waals surface area contributed by atoms with E-state index in [1.807, 2.05) is 24.3 Å². The molecule has 34 heavy (non-hydrogen) atoms. The molecule has 0 saturated heterocycles. The maximum absolute atomic E-state index is 13.5. The van der Waals surface area contributed by atoms with Gasteiger partial charge >= 0.3 is 0 Å². The number of carbonyl (C=O) groups excluding carboxylic acids is 2. The first-order valence-electron chi connectivity index (χ1n) is 13.0. The summed E-state index contributed by atoms with van der Waals surface area (Å²) >= 11 is 3.33. The number of thioether (sulfide) groups is 1. The molecule has 0 bridgehead atoms. The van der Waals surface area contributed by atoms with Crippen LogP contribution >= 0.6 is 23.1 Å². The molecular weight excluding hydrogens is 458 g/mol. The van der Waals surface area contributed by atoms with Crippen LogP contribution in [0.2, 0.25) is 0 Å². The summed E-state index contributed by atoms with van der Waals surface area (Å²) in [6, 6.07) is 8.21. The Balaban J connectivity index is 1.31. The van der Waals surface area contributed by atoms with Crippen LogP contribution in [0.1, 0.15) is 72.6 Å². The fraction of sp³-hybridized carbons (Fsp3) is 0.621. The van der Waals surface area contributed by atoms with Crippen molar-refractivity contribution in [1.29, 1.82) is 0 Å². The number of hydrogen-bond acceptors (Lipinski definition) is 5. The van der Waals surface area contributed by atoms with E-state index in [0.29, 0.717) is 29.3 Å². The van der Waals surface area contributed by atoms with Crippen LogP contribution in [0, 0.1) is 34.5 Å². The fourth-order valence-electron chi connectivity index (χ4n) is 7.97. The number of benzene rings is 1. The van der Waals surface area contributed by atoms with Gasteiger partial charge in [0.1, 0.15) is 5.78 Å². The van der Waals surface area contributed by atoms with Crippen LogP contribution in [0.25, 0.3) is 10.2 Å². The molecule has 3 fully saturated rings. The van der Waals surface area contributed by atoms with Crippen LogP contribution in [0.3, 0.4) is 0 Å². The van der Waals surface area contributed by atoms with E-state index in [1.54, 1.807) is 30.0 Å². The number of thiazole rings is 1. The van der Waals surface area contributed by atoms with Crippen LogP contribution < -0.4 is 0 Å². The van der Waals surface area contributed by atoms with Gasteiger partial charge in [-0.25, -0.2) is 4.98 Å². The number of fused-ring (bicyclic) bond motifs is 4. The molecule has 0 N–H and O–H groups in total. The van der Waals surface area contributed by atoms with Gasteiger partial charge < -0.3 is 0 Å². The Kier molecular flexibility index (Phi) is 6.56. The molecular formula is C29H37NO2S2. The van der Waals surface area contributed by atoms with Gasteiger partial charge in [-0.1, -0.05) is 50.2 Å². The van der Waals surface area contributed by atoms with Gasteiger partial charge in [0.2, 0.25) is 0 Å². The third kappa shape index (κ3) is 4.01. The number of nitrogens with zero attached hydrogens (tertiary/aromatic N) is 1. The van der Waals surface area contributed by atoms with Gasteiger partial charge in [0, 0.05) is 5.92 Å². The minimum absolute atomic E-state index is 0.126. The summed E-state index contributed by atoms with van der Waals surface area (Å²) in [5.74, 6) is 3.30. The molecule has 3 saturated carbocycles. The smallest absolute Gasteiger partial charge is 0.152 e. The molecule has 1 aromatic carbocycles. The molecule has 0 amide bonds. The van der Waals surface area contributed by atoms with E-state index in [1.165, 1.54) is 29.5 Å². The minimum Gasteiger partial charge on any atom is -0.298 e. The monoisotopic (exact) mass is 495 g/mol. The highest BCUT2D eigenvalue weighted by Crippen LogP contribution is 2.66. The Morgan fingerprint density at radius 1 is 1.15 bits per heavy atom. The second-order valence-electron chi connectivity index (χ2n) is 11.3. The lowest BCUT2D eigenvalue weighted by atomic mass is 9.47. The quantitative estimate of drug-likeness (QED) is 0.304. The molecule has 1 aromatic heterocycles. The summed E-state index contributed by atoms with van der Waals surface area (Å²) < 4.78 is 2.20. The van der Waals surface area contributed by atoms with Crippen molar-refractivity contribution in [3.05, 3.63) is 35.9 Å². The topological polar surface area (TPSA) is 47.0 Å². The first kappa shape index (κ1) is 24.2. The average molecular weight is 496 g/mol. The molecule has 5 heteroatoms. The van der Waals surface area contributed by atoms with E-state index in [2.05, 4.69) is 26.8 Å². The van der Waals surface area contributed by atoms with Gasteiger partial charge in [-0.15, -0.1) is 11.3 Å². The summed E-state index contributed by atoms with van der Waals surface area (Å²) in [6.45, 7) is 8.82. The predicted octanol–water partition coefficient (Wildman–Crippen LogP) is 7.74. The highest BCUT2D eigenvalue weighted by atomic mass is 32.2. The number of ketones is 2. The van der Waals surface area contributed by atoms with Crippen molar-refractivity contribution in [1.82, 2.24) is 4.98 Å². The van der Waals surface area contributed by atoms with E-state index >= 15 is 0 Å². The number of para-hydroxylation sites is 1. The van der Waals surface area contributed by atoms with Crippen molar-refractivity contribution < 1.29 is 9.59 Å². The largest absolute Gasteiger partial charge is 0.298 e. The van der Waals surface area contributed by atoms with E-state index < -0.39 is 0 Å². The molecule has 3 nitrogen and oxygen atoms in total. The van der Waals surface area contributed by atoms with E-state index in [4.69, 9.17) is 4.98 Å². The van der Waals surface area contributed by atoms with E-state index in [0.717, 1.165) is 35.5 Å². The van der Waals surface area contributed by atoms with Gasteiger partial charge in [0.05, 0.1) is 16.0 Å². The molecule has 2 aromatic rings. The van der Waals surface area contributed by atoms with Crippen LogP contribution in [0.15, 0.2) is 40.3 Å². The SMILES string of the molecule is CCC1(C)/C(=C\C(C)=O)CCC2C1CCC1(C)C(C(=O)CSc3nc4ccccc4s3)CCC21. The standard InChI is InChI=1S/C29H37NO2S2/c1-5-28(3)19(16-18(2)31)10-11-20-21-12-13-23(29(21,4)15-14-22(20)28)25(32)17-33-27-30-24-8-6-7-9-26(24)34-27/h6-9,16,20-23H,5,10-15,17H2,1-4H3/b19-16-.